The summed E-state index contributed by atoms with van der Waals surface area (Å²) in [5, 5.41) is 13.5. The molecule has 2 rings (SSSR count). The zero-order valence-electron chi connectivity index (χ0n) is 8.57. The van der Waals surface area contributed by atoms with Crippen LogP contribution in [0.15, 0.2) is 24.3 Å². The van der Waals surface area contributed by atoms with Crippen LogP contribution in [0, 0.1) is 0 Å². The van der Waals surface area contributed by atoms with Crippen molar-refractivity contribution in [3.8, 4) is 0 Å². The molecule has 0 aromatic heterocycles. The maximum atomic E-state index is 10.9. The van der Waals surface area contributed by atoms with Crippen LogP contribution in [0.2, 0.25) is 0 Å². The summed E-state index contributed by atoms with van der Waals surface area (Å²) in [6.07, 6.45) is 3.52. The third kappa shape index (κ3) is 1.94. The highest BCUT2D eigenvalue weighted by Crippen LogP contribution is 2.29. The second kappa shape index (κ2) is 4.13. The standard InChI is InChI=1S/C12H15NO2/c14-9-10-5-1-2-6-11(10)12(15)7-3-4-8-13-12/h1-2,5-6,9,13,15H,3-4,7-8H2/t12-/m1/s1. The molecule has 80 valence electrons. The molecule has 1 atom stereocenters. The van der Waals surface area contributed by atoms with Gasteiger partial charge in [-0.2, -0.15) is 0 Å². The molecule has 1 saturated heterocycles. The van der Waals surface area contributed by atoms with E-state index >= 15 is 0 Å². The van der Waals surface area contributed by atoms with Gasteiger partial charge in [-0.1, -0.05) is 24.3 Å². The third-order valence-electron chi connectivity index (χ3n) is 2.92. The van der Waals surface area contributed by atoms with Gasteiger partial charge in [0.25, 0.3) is 0 Å². The predicted molar refractivity (Wildman–Crippen MR) is 57.6 cm³/mol. The van der Waals surface area contributed by atoms with Gasteiger partial charge >= 0.3 is 0 Å². The highest BCUT2D eigenvalue weighted by Gasteiger charge is 2.32. The molecular weight excluding hydrogens is 190 g/mol. The zero-order chi connectivity index (χ0) is 10.7. The summed E-state index contributed by atoms with van der Waals surface area (Å²) in [5.41, 5.74) is 0.240. The number of hydrogen-bond donors (Lipinski definition) is 2. The molecule has 1 heterocycles. The quantitative estimate of drug-likeness (QED) is 0.718. The maximum Gasteiger partial charge on any atom is 0.150 e. The fourth-order valence-corrected chi connectivity index (χ4v) is 2.10. The molecule has 3 heteroatoms. The maximum absolute atomic E-state index is 10.9. The second-order valence-corrected chi connectivity index (χ2v) is 3.95. The van der Waals surface area contributed by atoms with Gasteiger partial charge in [0, 0.05) is 11.1 Å². The lowest BCUT2D eigenvalue weighted by atomic mass is 9.90. The Morgan fingerprint density at radius 3 is 2.80 bits per heavy atom. The van der Waals surface area contributed by atoms with E-state index in [0.717, 1.165) is 25.7 Å². The van der Waals surface area contributed by atoms with Crippen molar-refractivity contribution in [2.75, 3.05) is 6.54 Å². The SMILES string of the molecule is O=Cc1ccccc1[C@]1(O)CCCCN1. The van der Waals surface area contributed by atoms with Crippen molar-refractivity contribution in [3.05, 3.63) is 35.4 Å². The molecule has 15 heavy (non-hydrogen) atoms. The number of benzene rings is 1. The number of piperidine rings is 1. The first-order valence-electron chi connectivity index (χ1n) is 5.28. The van der Waals surface area contributed by atoms with Crippen molar-refractivity contribution >= 4 is 6.29 Å². The Bertz CT molecular complexity index is 356. The van der Waals surface area contributed by atoms with Gasteiger partial charge in [-0.25, -0.2) is 0 Å². The highest BCUT2D eigenvalue weighted by atomic mass is 16.3. The Morgan fingerprint density at radius 1 is 1.33 bits per heavy atom. The van der Waals surface area contributed by atoms with Crippen molar-refractivity contribution in [1.29, 1.82) is 0 Å². The van der Waals surface area contributed by atoms with Gasteiger partial charge in [-0.05, 0) is 25.8 Å². The third-order valence-corrected chi connectivity index (χ3v) is 2.92. The lowest BCUT2D eigenvalue weighted by Gasteiger charge is -2.34. The van der Waals surface area contributed by atoms with Crippen LogP contribution in [-0.4, -0.2) is 17.9 Å². The largest absolute Gasteiger partial charge is 0.372 e. The summed E-state index contributed by atoms with van der Waals surface area (Å²) < 4.78 is 0. The molecule has 1 aromatic rings. The fourth-order valence-electron chi connectivity index (χ4n) is 2.10. The van der Waals surface area contributed by atoms with Crippen LogP contribution in [0.4, 0.5) is 0 Å². The topological polar surface area (TPSA) is 49.3 Å². The van der Waals surface area contributed by atoms with E-state index in [9.17, 15) is 9.90 Å². The molecule has 0 unspecified atom stereocenters. The van der Waals surface area contributed by atoms with Gasteiger partial charge < -0.3 is 5.11 Å². The van der Waals surface area contributed by atoms with Crippen LogP contribution in [0.5, 0.6) is 0 Å². The first-order chi connectivity index (χ1) is 7.26. The first-order valence-corrected chi connectivity index (χ1v) is 5.28. The van der Waals surface area contributed by atoms with E-state index in [1.54, 1.807) is 12.1 Å². The fraction of sp³-hybridized carbons (Fsp3) is 0.417. The van der Waals surface area contributed by atoms with E-state index in [-0.39, 0.29) is 0 Å². The van der Waals surface area contributed by atoms with E-state index in [1.165, 1.54) is 0 Å². The second-order valence-electron chi connectivity index (χ2n) is 3.95. The smallest absolute Gasteiger partial charge is 0.150 e. The van der Waals surface area contributed by atoms with Crippen LogP contribution in [0.25, 0.3) is 0 Å². The summed E-state index contributed by atoms with van der Waals surface area (Å²) >= 11 is 0. The van der Waals surface area contributed by atoms with Crippen molar-refractivity contribution in [2.45, 2.75) is 25.0 Å². The molecule has 0 spiro atoms. The van der Waals surface area contributed by atoms with Crippen LogP contribution in [-0.2, 0) is 5.72 Å². The normalized spacial score (nSPS) is 26.2. The lowest BCUT2D eigenvalue weighted by Crippen LogP contribution is -2.46. The van der Waals surface area contributed by atoms with E-state index in [2.05, 4.69) is 5.32 Å². The van der Waals surface area contributed by atoms with E-state index in [4.69, 9.17) is 0 Å². The van der Waals surface area contributed by atoms with Crippen molar-refractivity contribution in [1.82, 2.24) is 5.32 Å². The summed E-state index contributed by atoms with van der Waals surface area (Å²) in [4.78, 5) is 10.9. The molecule has 1 aliphatic heterocycles. The van der Waals surface area contributed by atoms with E-state index in [1.807, 2.05) is 12.1 Å². The monoisotopic (exact) mass is 205 g/mol. The minimum atomic E-state index is -1.02. The predicted octanol–water partition coefficient (Wildman–Crippen LogP) is 1.42. The molecule has 2 N–H and O–H groups in total. The van der Waals surface area contributed by atoms with Crippen molar-refractivity contribution in [2.24, 2.45) is 0 Å². The average Bonchev–Trinajstić information content (AvgIpc) is 2.30. The van der Waals surface area contributed by atoms with E-state index < -0.39 is 5.72 Å². The number of carbonyl (C=O) groups excluding carboxylic acids is 1. The average molecular weight is 205 g/mol. The molecule has 3 nitrogen and oxygen atoms in total. The van der Waals surface area contributed by atoms with Gasteiger partial charge in [-0.3, -0.25) is 10.1 Å². The number of nitrogens with one attached hydrogen (secondary N) is 1. The first kappa shape index (κ1) is 10.3. The number of aldehydes is 1. The molecule has 0 saturated carbocycles. The number of carbonyl (C=O) groups is 1. The molecule has 1 aliphatic rings. The van der Waals surface area contributed by atoms with Gasteiger partial charge in [0.15, 0.2) is 0 Å². The van der Waals surface area contributed by atoms with Crippen molar-refractivity contribution in [3.63, 3.8) is 0 Å². The molecule has 0 radical (unpaired) electrons. The van der Waals surface area contributed by atoms with Gasteiger partial charge in [-0.15, -0.1) is 0 Å². The van der Waals surface area contributed by atoms with Crippen LogP contribution < -0.4 is 5.32 Å². The molecule has 1 fully saturated rings. The molecular formula is C12H15NO2. The van der Waals surface area contributed by atoms with Crippen molar-refractivity contribution < 1.29 is 9.90 Å². The summed E-state index contributed by atoms with van der Waals surface area (Å²) in [6, 6.07) is 7.19. The van der Waals surface area contributed by atoms with Gasteiger partial charge in [0.1, 0.15) is 12.0 Å². The number of aliphatic hydroxyl groups is 1. The Hall–Kier alpha value is -1.19. The summed E-state index contributed by atoms with van der Waals surface area (Å²) in [6.45, 7) is 0.795. The lowest BCUT2D eigenvalue weighted by molar-refractivity contribution is -0.0245. The van der Waals surface area contributed by atoms with Crippen LogP contribution >= 0.6 is 0 Å². The summed E-state index contributed by atoms with van der Waals surface area (Å²) in [7, 11) is 0. The molecule has 0 amide bonds. The minimum absolute atomic E-state index is 0.564. The highest BCUT2D eigenvalue weighted by molar-refractivity contribution is 5.77. The Morgan fingerprint density at radius 2 is 2.13 bits per heavy atom. The Kier molecular flexibility index (Phi) is 2.84. The molecule has 1 aromatic carbocycles. The van der Waals surface area contributed by atoms with Gasteiger partial charge in [0.2, 0.25) is 0 Å². The van der Waals surface area contributed by atoms with Crippen LogP contribution in [0.3, 0.4) is 0 Å². The molecule has 0 aliphatic carbocycles. The van der Waals surface area contributed by atoms with Crippen LogP contribution in [0.1, 0.15) is 35.2 Å². The molecule has 0 bridgehead atoms. The summed E-state index contributed by atoms with van der Waals surface area (Å²) in [5.74, 6) is 0. The van der Waals surface area contributed by atoms with E-state index in [0.29, 0.717) is 17.5 Å². The Balaban J connectivity index is 2.38. The zero-order valence-corrected chi connectivity index (χ0v) is 8.57. The Labute approximate surface area is 89.1 Å². The number of hydrogen-bond acceptors (Lipinski definition) is 3. The van der Waals surface area contributed by atoms with Gasteiger partial charge in [0.05, 0.1) is 0 Å². The minimum Gasteiger partial charge on any atom is -0.372 e. The number of rotatable bonds is 2.